The predicted molar refractivity (Wildman–Crippen MR) is 82.2 cm³/mol. The first kappa shape index (κ1) is 16.6. The topological polar surface area (TPSA) is 61.8 Å². The van der Waals surface area contributed by atoms with E-state index >= 15 is 0 Å². The normalized spacial score (nSPS) is 29.9. The first-order valence-corrected chi connectivity index (χ1v) is 8.24. The van der Waals surface area contributed by atoms with Crippen LogP contribution in [0, 0.1) is 5.92 Å². The van der Waals surface area contributed by atoms with Crippen LogP contribution in [0.5, 0.6) is 0 Å². The molecular formula is C16H30N2O3. The van der Waals surface area contributed by atoms with Crippen LogP contribution in [0.15, 0.2) is 0 Å². The molecule has 0 bridgehead atoms. The summed E-state index contributed by atoms with van der Waals surface area (Å²) in [6.07, 6.45) is 5.29. The second-order valence-corrected chi connectivity index (χ2v) is 7.36. The van der Waals surface area contributed by atoms with Crippen molar-refractivity contribution < 1.29 is 14.6 Å². The van der Waals surface area contributed by atoms with Crippen LogP contribution in [-0.2, 0) is 4.74 Å². The summed E-state index contributed by atoms with van der Waals surface area (Å²) in [6, 6.07) is 0.621. The van der Waals surface area contributed by atoms with E-state index in [1.807, 2.05) is 25.7 Å². The van der Waals surface area contributed by atoms with Gasteiger partial charge in [-0.2, -0.15) is 0 Å². The van der Waals surface area contributed by atoms with Crippen LogP contribution in [0.4, 0.5) is 4.79 Å². The average molecular weight is 298 g/mol. The lowest BCUT2D eigenvalue weighted by Crippen LogP contribution is -2.47. The van der Waals surface area contributed by atoms with Crippen molar-refractivity contribution in [2.75, 3.05) is 19.7 Å². The Balaban J connectivity index is 1.83. The highest BCUT2D eigenvalue weighted by atomic mass is 16.6. The maximum absolute atomic E-state index is 12.2. The van der Waals surface area contributed by atoms with E-state index in [4.69, 9.17) is 4.74 Å². The number of carbonyl (C=O) groups is 1. The molecule has 122 valence electrons. The Labute approximate surface area is 128 Å². The van der Waals surface area contributed by atoms with E-state index < -0.39 is 5.60 Å². The minimum absolute atomic E-state index is 0.197. The van der Waals surface area contributed by atoms with Gasteiger partial charge >= 0.3 is 6.09 Å². The van der Waals surface area contributed by atoms with E-state index in [2.05, 4.69) is 5.32 Å². The van der Waals surface area contributed by atoms with Crippen molar-refractivity contribution in [2.24, 2.45) is 5.92 Å². The fourth-order valence-electron chi connectivity index (χ4n) is 3.42. The lowest BCUT2D eigenvalue weighted by molar-refractivity contribution is 0.0223. The van der Waals surface area contributed by atoms with Gasteiger partial charge < -0.3 is 20.1 Å². The molecule has 1 heterocycles. The van der Waals surface area contributed by atoms with Gasteiger partial charge in [0.25, 0.3) is 0 Å². The maximum atomic E-state index is 12.2. The Morgan fingerprint density at radius 2 is 2.05 bits per heavy atom. The lowest BCUT2D eigenvalue weighted by Gasteiger charge is -2.30. The first-order chi connectivity index (χ1) is 9.90. The minimum Gasteiger partial charge on any atom is -0.444 e. The van der Waals surface area contributed by atoms with Crippen LogP contribution < -0.4 is 5.32 Å². The summed E-state index contributed by atoms with van der Waals surface area (Å²) in [5.41, 5.74) is -0.439. The second kappa shape index (κ2) is 6.97. The molecule has 0 aromatic heterocycles. The molecule has 3 atom stereocenters. The van der Waals surface area contributed by atoms with Gasteiger partial charge in [-0.1, -0.05) is 6.42 Å². The van der Waals surface area contributed by atoms with Crippen LogP contribution in [0.25, 0.3) is 0 Å². The SMILES string of the molecule is CC(C)(C)OC(=O)N1CCCC1CNC1CCCC1CO. The van der Waals surface area contributed by atoms with Gasteiger partial charge in [0.1, 0.15) is 5.60 Å². The van der Waals surface area contributed by atoms with Gasteiger partial charge in [-0.25, -0.2) is 4.79 Å². The summed E-state index contributed by atoms with van der Waals surface area (Å²) < 4.78 is 5.49. The van der Waals surface area contributed by atoms with Crippen molar-refractivity contribution >= 4 is 6.09 Å². The number of amides is 1. The number of carbonyl (C=O) groups excluding carboxylic acids is 1. The monoisotopic (exact) mass is 298 g/mol. The standard InChI is InChI=1S/C16H30N2O3/c1-16(2,3)21-15(20)18-9-5-7-13(18)10-17-14-8-4-6-12(14)11-19/h12-14,17,19H,4-11H2,1-3H3. The molecule has 1 saturated heterocycles. The summed E-state index contributed by atoms with van der Waals surface area (Å²) in [7, 11) is 0. The zero-order valence-electron chi connectivity index (χ0n) is 13.6. The van der Waals surface area contributed by atoms with Crippen LogP contribution in [0.2, 0.25) is 0 Å². The van der Waals surface area contributed by atoms with Crippen LogP contribution in [-0.4, -0.2) is 53.5 Å². The van der Waals surface area contributed by atoms with Crippen LogP contribution >= 0.6 is 0 Å². The molecule has 0 radical (unpaired) electrons. The molecule has 5 heteroatoms. The first-order valence-electron chi connectivity index (χ1n) is 8.24. The number of rotatable bonds is 4. The van der Waals surface area contributed by atoms with Crippen molar-refractivity contribution in [3.8, 4) is 0 Å². The molecule has 2 aliphatic rings. The van der Waals surface area contributed by atoms with E-state index in [-0.39, 0.29) is 18.7 Å². The highest BCUT2D eigenvalue weighted by Gasteiger charge is 2.33. The Bertz CT molecular complexity index is 354. The van der Waals surface area contributed by atoms with Crippen molar-refractivity contribution in [1.82, 2.24) is 10.2 Å². The summed E-state index contributed by atoms with van der Waals surface area (Å²) in [4.78, 5) is 14.1. The number of nitrogens with zero attached hydrogens (tertiary/aromatic N) is 1. The molecule has 1 aliphatic heterocycles. The number of nitrogens with one attached hydrogen (secondary N) is 1. The Hall–Kier alpha value is -0.810. The molecule has 2 fully saturated rings. The van der Waals surface area contributed by atoms with E-state index in [1.165, 1.54) is 6.42 Å². The lowest BCUT2D eigenvalue weighted by atomic mass is 10.0. The predicted octanol–water partition coefficient (Wildman–Crippen LogP) is 2.14. The molecule has 5 nitrogen and oxygen atoms in total. The number of ether oxygens (including phenoxy) is 1. The number of hydrogen-bond donors (Lipinski definition) is 2. The van der Waals surface area contributed by atoms with Gasteiger partial charge in [-0.05, 0) is 52.4 Å². The number of aliphatic hydroxyl groups is 1. The minimum atomic E-state index is -0.439. The summed E-state index contributed by atoms with van der Waals surface area (Å²) >= 11 is 0. The number of hydrogen-bond acceptors (Lipinski definition) is 4. The summed E-state index contributed by atoms with van der Waals surface area (Å²) in [5.74, 6) is 0.376. The maximum Gasteiger partial charge on any atom is 0.410 e. The van der Waals surface area contributed by atoms with Gasteiger partial charge in [-0.15, -0.1) is 0 Å². The zero-order chi connectivity index (χ0) is 15.5. The Morgan fingerprint density at radius 1 is 1.29 bits per heavy atom. The number of aliphatic hydroxyl groups excluding tert-OH is 1. The van der Waals surface area contributed by atoms with Crippen molar-refractivity contribution in [3.05, 3.63) is 0 Å². The molecule has 2 N–H and O–H groups in total. The molecule has 0 aromatic rings. The van der Waals surface area contributed by atoms with Crippen molar-refractivity contribution in [3.63, 3.8) is 0 Å². The largest absolute Gasteiger partial charge is 0.444 e. The molecule has 1 aliphatic carbocycles. The summed E-state index contributed by atoms with van der Waals surface area (Å²) in [5, 5.41) is 12.9. The molecule has 21 heavy (non-hydrogen) atoms. The molecule has 2 rings (SSSR count). The number of likely N-dealkylation sites (tertiary alicyclic amines) is 1. The van der Waals surface area contributed by atoms with E-state index in [9.17, 15) is 9.90 Å². The average Bonchev–Trinajstić information content (AvgIpc) is 3.02. The van der Waals surface area contributed by atoms with Gasteiger partial charge in [0, 0.05) is 31.8 Å². The fourth-order valence-corrected chi connectivity index (χ4v) is 3.42. The van der Waals surface area contributed by atoms with Crippen LogP contribution in [0.1, 0.15) is 52.9 Å². The molecule has 0 spiro atoms. The van der Waals surface area contributed by atoms with E-state index in [1.54, 1.807) is 0 Å². The van der Waals surface area contributed by atoms with E-state index in [0.29, 0.717) is 12.0 Å². The molecule has 1 amide bonds. The van der Waals surface area contributed by atoms with Gasteiger partial charge in [0.05, 0.1) is 0 Å². The third-order valence-corrected chi connectivity index (χ3v) is 4.51. The highest BCUT2D eigenvalue weighted by Crippen LogP contribution is 2.26. The molecule has 0 aromatic carbocycles. The van der Waals surface area contributed by atoms with Crippen molar-refractivity contribution in [1.29, 1.82) is 0 Å². The van der Waals surface area contributed by atoms with Gasteiger partial charge in [0.2, 0.25) is 0 Å². The van der Waals surface area contributed by atoms with Crippen LogP contribution in [0.3, 0.4) is 0 Å². The fraction of sp³-hybridized carbons (Fsp3) is 0.938. The van der Waals surface area contributed by atoms with Gasteiger partial charge in [-0.3, -0.25) is 0 Å². The quantitative estimate of drug-likeness (QED) is 0.835. The third kappa shape index (κ3) is 4.58. The summed E-state index contributed by atoms with van der Waals surface area (Å²) in [6.45, 7) is 7.56. The Kier molecular flexibility index (Phi) is 5.49. The zero-order valence-corrected chi connectivity index (χ0v) is 13.6. The molecular weight excluding hydrogens is 268 g/mol. The van der Waals surface area contributed by atoms with Crippen molar-refractivity contribution in [2.45, 2.75) is 70.6 Å². The molecule has 1 saturated carbocycles. The van der Waals surface area contributed by atoms with Gasteiger partial charge in [0.15, 0.2) is 0 Å². The highest BCUT2D eigenvalue weighted by molar-refractivity contribution is 5.69. The van der Waals surface area contributed by atoms with E-state index in [0.717, 1.165) is 38.8 Å². The Morgan fingerprint density at radius 3 is 2.71 bits per heavy atom. The molecule has 3 unspecified atom stereocenters. The smallest absolute Gasteiger partial charge is 0.410 e. The second-order valence-electron chi connectivity index (χ2n) is 7.36. The third-order valence-electron chi connectivity index (χ3n) is 4.51.